The number of carboxylic acids is 1. The fraction of sp³-hybridized carbons (Fsp3) is 0.667. The number of hydroxylamine groups is 2. The van der Waals surface area contributed by atoms with Gasteiger partial charge in [0, 0.05) is 0 Å². The third kappa shape index (κ3) is 8.30. The van der Waals surface area contributed by atoms with Crippen molar-refractivity contribution in [3.8, 4) is 0 Å². The molecule has 0 radical (unpaired) electrons. The quantitative estimate of drug-likeness (QED) is 0.179. The van der Waals surface area contributed by atoms with Gasteiger partial charge in [0.2, 0.25) is 5.96 Å². The second-order valence-corrected chi connectivity index (χ2v) is 3.18. The highest BCUT2D eigenvalue weighted by Gasteiger charge is 2.14. The van der Waals surface area contributed by atoms with Crippen LogP contribution in [-0.4, -0.2) is 59.5 Å². The molecule has 0 fully saturated rings. The largest absolute Gasteiger partial charge is 0.481 e. The average molecular weight is 263 g/mol. The summed E-state index contributed by atoms with van der Waals surface area (Å²) in [6.45, 7) is 0.109. The van der Waals surface area contributed by atoms with Crippen molar-refractivity contribution in [1.29, 1.82) is 5.41 Å². The Bertz CT molecular complexity index is 296. The highest BCUT2D eigenvalue weighted by molar-refractivity contribution is 5.79. The van der Waals surface area contributed by atoms with Crippen molar-refractivity contribution < 1.29 is 29.4 Å². The van der Waals surface area contributed by atoms with Crippen LogP contribution in [0.25, 0.3) is 0 Å². The Morgan fingerprint density at radius 2 is 1.94 bits per heavy atom. The van der Waals surface area contributed by atoms with Crippen LogP contribution in [0.4, 0.5) is 0 Å². The number of hydrogen-bond donors (Lipinski definition) is 4. The molecule has 9 nitrogen and oxygen atoms in total. The van der Waals surface area contributed by atoms with Gasteiger partial charge in [-0.3, -0.25) is 10.2 Å². The first-order valence-electron chi connectivity index (χ1n) is 5.20. The van der Waals surface area contributed by atoms with Gasteiger partial charge in [0.1, 0.15) is 0 Å². The van der Waals surface area contributed by atoms with E-state index in [-0.39, 0.29) is 39.2 Å². The highest BCUT2D eigenvalue weighted by atomic mass is 16.7. The van der Waals surface area contributed by atoms with Gasteiger partial charge in [-0.05, 0) is 0 Å². The van der Waals surface area contributed by atoms with Gasteiger partial charge in [-0.1, -0.05) is 0 Å². The molecule has 0 aliphatic rings. The van der Waals surface area contributed by atoms with Crippen LogP contribution in [0.1, 0.15) is 12.8 Å². The molecule has 0 heterocycles. The molecule has 0 aromatic carbocycles. The van der Waals surface area contributed by atoms with Gasteiger partial charge in [0.25, 0.3) is 0 Å². The summed E-state index contributed by atoms with van der Waals surface area (Å²) in [6.07, 6.45) is -0.664. The van der Waals surface area contributed by atoms with Gasteiger partial charge in [0.15, 0.2) is 0 Å². The number of nitrogens with zero attached hydrogens (tertiary/aromatic N) is 1. The summed E-state index contributed by atoms with van der Waals surface area (Å²) in [4.78, 5) is 26.1. The summed E-state index contributed by atoms with van der Waals surface area (Å²) in [5.74, 6) is -2.41. The van der Waals surface area contributed by atoms with Gasteiger partial charge in [-0.25, -0.2) is 4.79 Å². The van der Waals surface area contributed by atoms with Crippen molar-refractivity contribution in [2.45, 2.75) is 12.8 Å². The van der Waals surface area contributed by atoms with E-state index in [1.54, 1.807) is 0 Å². The first kappa shape index (κ1) is 16.1. The number of aliphatic hydroxyl groups excluding tert-OH is 1. The molecule has 18 heavy (non-hydrogen) atoms. The summed E-state index contributed by atoms with van der Waals surface area (Å²) < 4.78 is 4.91. The smallest absolute Gasteiger partial charge is 0.333 e. The fourth-order valence-corrected chi connectivity index (χ4v) is 0.907. The van der Waals surface area contributed by atoms with E-state index in [1.807, 2.05) is 0 Å². The Balaban J connectivity index is 3.99. The van der Waals surface area contributed by atoms with Crippen LogP contribution in [0.15, 0.2) is 0 Å². The third-order valence-electron chi connectivity index (χ3n) is 1.70. The molecule has 5 N–H and O–H groups in total. The van der Waals surface area contributed by atoms with Gasteiger partial charge >= 0.3 is 11.9 Å². The number of nitrogens with one attached hydrogen (secondary N) is 1. The Kier molecular flexibility index (Phi) is 8.24. The number of carbonyl (C=O) groups excluding carboxylic acids is 1. The zero-order valence-corrected chi connectivity index (χ0v) is 9.79. The van der Waals surface area contributed by atoms with E-state index in [9.17, 15) is 9.59 Å². The number of rotatable bonds is 8. The molecule has 9 heteroatoms. The lowest BCUT2D eigenvalue weighted by atomic mass is 10.3. The summed E-state index contributed by atoms with van der Waals surface area (Å²) in [5.41, 5.74) is 5.17. The zero-order valence-electron chi connectivity index (χ0n) is 9.79. The third-order valence-corrected chi connectivity index (χ3v) is 1.70. The maximum absolute atomic E-state index is 11.2. The van der Waals surface area contributed by atoms with E-state index in [1.165, 1.54) is 0 Å². The van der Waals surface area contributed by atoms with E-state index < -0.39 is 17.9 Å². The Labute approximate surface area is 104 Å². The van der Waals surface area contributed by atoms with Gasteiger partial charge in [-0.15, -0.1) is 0 Å². The number of carbonyl (C=O) groups is 2. The van der Waals surface area contributed by atoms with Crippen LogP contribution in [0.2, 0.25) is 0 Å². The van der Waals surface area contributed by atoms with Crippen LogP contribution in [-0.2, 0) is 19.2 Å². The number of guanidine groups is 1. The predicted octanol–water partition coefficient (Wildman–Crippen LogP) is -1.49. The van der Waals surface area contributed by atoms with Gasteiger partial charge in [0.05, 0.1) is 39.2 Å². The molecule has 104 valence electrons. The van der Waals surface area contributed by atoms with Gasteiger partial charge in [-0.2, -0.15) is 5.06 Å². The molecular weight excluding hydrogens is 246 g/mol. The Hall–Kier alpha value is -1.87. The first-order valence-corrected chi connectivity index (χ1v) is 5.20. The van der Waals surface area contributed by atoms with Crippen LogP contribution in [0, 0.1) is 5.41 Å². The van der Waals surface area contributed by atoms with Gasteiger partial charge < -0.3 is 25.5 Å². The molecule has 0 rings (SSSR count). The van der Waals surface area contributed by atoms with Crippen molar-refractivity contribution in [1.82, 2.24) is 5.06 Å². The normalized spacial score (nSPS) is 9.83. The van der Waals surface area contributed by atoms with Crippen molar-refractivity contribution in [2.24, 2.45) is 5.73 Å². The van der Waals surface area contributed by atoms with Crippen molar-refractivity contribution >= 4 is 17.9 Å². The maximum Gasteiger partial charge on any atom is 0.333 e. The monoisotopic (exact) mass is 263 g/mol. The number of carboxylic acid groups (broad SMARTS) is 1. The standard InChI is InChI=1S/C9H17N3O6/c10-9(11)12(3-5-17-6-4-13)18-8(16)2-1-7(14)15/h13H,1-6H2,(H3,10,11)(H,14,15). The minimum Gasteiger partial charge on any atom is -0.481 e. The van der Waals surface area contributed by atoms with E-state index in [0.717, 1.165) is 5.06 Å². The minimum absolute atomic E-state index is 0.0220. The Morgan fingerprint density at radius 1 is 1.28 bits per heavy atom. The van der Waals surface area contributed by atoms with E-state index >= 15 is 0 Å². The van der Waals surface area contributed by atoms with E-state index in [0.29, 0.717) is 0 Å². The second kappa shape index (κ2) is 9.19. The highest BCUT2D eigenvalue weighted by Crippen LogP contribution is 1.97. The number of nitrogens with two attached hydrogens (primary N) is 1. The van der Waals surface area contributed by atoms with Crippen LogP contribution < -0.4 is 5.73 Å². The van der Waals surface area contributed by atoms with Crippen LogP contribution >= 0.6 is 0 Å². The lowest BCUT2D eigenvalue weighted by Crippen LogP contribution is -2.40. The molecule has 0 aromatic rings. The molecular formula is C9H17N3O6. The van der Waals surface area contributed by atoms with Crippen LogP contribution in [0.3, 0.4) is 0 Å². The lowest BCUT2D eigenvalue weighted by molar-refractivity contribution is -0.176. The molecule has 0 amide bonds. The first-order chi connectivity index (χ1) is 8.47. The maximum atomic E-state index is 11.2. The molecule has 0 saturated heterocycles. The second-order valence-electron chi connectivity index (χ2n) is 3.18. The summed E-state index contributed by atoms with van der Waals surface area (Å²) in [7, 11) is 0. The summed E-state index contributed by atoms with van der Waals surface area (Å²) in [6, 6.07) is 0. The predicted molar refractivity (Wildman–Crippen MR) is 59.5 cm³/mol. The summed E-state index contributed by atoms with van der Waals surface area (Å²) >= 11 is 0. The molecule has 0 aliphatic heterocycles. The van der Waals surface area contributed by atoms with Crippen molar-refractivity contribution in [2.75, 3.05) is 26.4 Å². The molecule has 0 bridgehead atoms. The van der Waals surface area contributed by atoms with Crippen molar-refractivity contribution in [3.05, 3.63) is 0 Å². The zero-order chi connectivity index (χ0) is 14.0. The SMILES string of the molecule is N=C(N)N(CCOCCO)OC(=O)CCC(=O)O. The number of aliphatic hydroxyl groups is 1. The molecule has 0 aliphatic carbocycles. The lowest BCUT2D eigenvalue weighted by Gasteiger charge is -2.20. The Morgan fingerprint density at radius 3 is 2.44 bits per heavy atom. The number of aliphatic carboxylic acids is 1. The summed E-state index contributed by atoms with van der Waals surface area (Å²) in [5, 5.41) is 24.8. The van der Waals surface area contributed by atoms with E-state index in [4.69, 9.17) is 26.1 Å². The molecule has 0 unspecified atom stereocenters. The average Bonchev–Trinajstić information content (AvgIpc) is 2.30. The molecule has 0 aromatic heterocycles. The molecule has 0 saturated carbocycles. The number of hydrogen-bond acceptors (Lipinski definition) is 6. The number of ether oxygens (including phenoxy) is 1. The fourth-order valence-electron chi connectivity index (χ4n) is 0.907. The topological polar surface area (TPSA) is 146 Å². The van der Waals surface area contributed by atoms with E-state index in [2.05, 4.69) is 4.84 Å². The minimum atomic E-state index is -1.12. The molecule has 0 spiro atoms. The molecule has 0 atom stereocenters. The van der Waals surface area contributed by atoms with Crippen LogP contribution in [0.5, 0.6) is 0 Å². The van der Waals surface area contributed by atoms with Crippen molar-refractivity contribution in [3.63, 3.8) is 0 Å².